The van der Waals surface area contributed by atoms with Gasteiger partial charge in [0, 0.05) is 8.07 Å². The number of hydrogen-bond donors (Lipinski definition) is 1. The third kappa shape index (κ3) is 4.72. The predicted octanol–water partition coefficient (Wildman–Crippen LogP) is 4.72. The maximum absolute atomic E-state index is 10.5. The number of aliphatic hydroxyl groups excluding tert-OH is 1. The molecular weight excluding hydrogens is 276 g/mol. The molecular formula is C18H28O2Si. The van der Waals surface area contributed by atoms with Crippen molar-refractivity contribution < 1.29 is 9.84 Å². The minimum Gasteiger partial charge on any atom is -0.497 e. The van der Waals surface area contributed by atoms with Crippen molar-refractivity contribution >= 4 is 8.07 Å². The van der Waals surface area contributed by atoms with Crippen molar-refractivity contribution in [3.05, 3.63) is 41.0 Å². The van der Waals surface area contributed by atoms with Crippen molar-refractivity contribution in [3.63, 3.8) is 0 Å². The Morgan fingerprint density at radius 3 is 2.67 bits per heavy atom. The second kappa shape index (κ2) is 6.80. The van der Waals surface area contributed by atoms with Gasteiger partial charge in [-0.05, 0) is 55.0 Å². The van der Waals surface area contributed by atoms with E-state index in [0.717, 1.165) is 37.0 Å². The van der Waals surface area contributed by atoms with E-state index in [9.17, 15) is 5.11 Å². The first-order valence-corrected chi connectivity index (χ1v) is 11.6. The Hall–Kier alpha value is -1.06. The molecule has 0 aliphatic heterocycles. The second-order valence-electron chi connectivity index (χ2n) is 7.26. The third-order valence-electron chi connectivity index (χ3n) is 4.05. The van der Waals surface area contributed by atoms with E-state index in [4.69, 9.17) is 4.74 Å². The summed E-state index contributed by atoms with van der Waals surface area (Å²) in [7, 11) is 0.607. The number of allylic oxidation sites excluding steroid dienone is 2. The number of aliphatic hydroxyl groups is 1. The molecule has 0 spiro atoms. The molecule has 0 aromatic heterocycles. The minimum atomic E-state index is -1.09. The molecule has 1 aliphatic rings. The standard InChI is InChI=1S/C18H28O2Si/c1-20-16-9-10-17-15(12-16)7-5-6-14(8-11-18(17)19)13-21(2,3)4/h6,9-10,12,18-19H,5,7-8,11,13H2,1-4H3/b14-6+/t18-/m1/s1. The van der Waals surface area contributed by atoms with Crippen LogP contribution in [0.25, 0.3) is 0 Å². The van der Waals surface area contributed by atoms with E-state index in [0.29, 0.717) is 0 Å². The molecule has 0 bridgehead atoms. The van der Waals surface area contributed by atoms with Crippen molar-refractivity contribution in [2.45, 2.75) is 57.5 Å². The van der Waals surface area contributed by atoms with Crippen molar-refractivity contribution in [3.8, 4) is 5.75 Å². The number of ether oxygens (including phenoxy) is 1. The number of methoxy groups -OCH3 is 1. The summed E-state index contributed by atoms with van der Waals surface area (Å²) in [6.07, 6.45) is 5.96. The molecule has 116 valence electrons. The van der Waals surface area contributed by atoms with Crippen LogP contribution in [0.3, 0.4) is 0 Å². The lowest BCUT2D eigenvalue weighted by Gasteiger charge is -2.19. The van der Waals surface area contributed by atoms with Gasteiger partial charge in [0.1, 0.15) is 5.75 Å². The zero-order valence-corrected chi connectivity index (χ0v) is 14.8. The van der Waals surface area contributed by atoms with Crippen LogP contribution in [0.5, 0.6) is 5.75 Å². The fourth-order valence-corrected chi connectivity index (χ4v) is 4.79. The molecule has 2 rings (SSSR count). The fourth-order valence-electron chi connectivity index (χ4n) is 3.10. The molecule has 0 unspecified atom stereocenters. The summed E-state index contributed by atoms with van der Waals surface area (Å²) < 4.78 is 5.31. The van der Waals surface area contributed by atoms with Gasteiger partial charge >= 0.3 is 0 Å². The van der Waals surface area contributed by atoms with Gasteiger partial charge in [0.2, 0.25) is 0 Å². The summed E-state index contributed by atoms with van der Waals surface area (Å²) in [5.74, 6) is 0.881. The van der Waals surface area contributed by atoms with E-state index in [1.165, 1.54) is 11.6 Å². The van der Waals surface area contributed by atoms with Gasteiger partial charge in [0.25, 0.3) is 0 Å². The van der Waals surface area contributed by atoms with E-state index in [-0.39, 0.29) is 6.10 Å². The van der Waals surface area contributed by atoms with Crippen LogP contribution < -0.4 is 4.74 Å². The van der Waals surface area contributed by atoms with Crippen molar-refractivity contribution in [1.82, 2.24) is 0 Å². The Morgan fingerprint density at radius 1 is 1.24 bits per heavy atom. The highest BCUT2D eigenvalue weighted by Gasteiger charge is 2.19. The van der Waals surface area contributed by atoms with Gasteiger partial charge in [0.15, 0.2) is 0 Å². The Morgan fingerprint density at radius 2 is 2.00 bits per heavy atom. The van der Waals surface area contributed by atoms with E-state index < -0.39 is 8.07 Å². The van der Waals surface area contributed by atoms with E-state index >= 15 is 0 Å². The molecule has 1 aromatic carbocycles. The van der Waals surface area contributed by atoms with Crippen LogP contribution in [0.2, 0.25) is 25.7 Å². The third-order valence-corrected chi connectivity index (χ3v) is 5.57. The van der Waals surface area contributed by atoms with Crippen LogP contribution in [0.4, 0.5) is 0 Å². The second-order valence-corrected chi connectivity index (χ2v) is 12.7. The normalized spacial score (nSPS) is 22.3. The quantitative estimate of drug-likeness (QED) is 0.647. The van der Waals surface area contributed by atoms with Crippen LogP contribution in [-0.2, 0) is 6.42 Å². The van der Waals surface area contributed by atoms with E-state index in [2.05, 4.69) is 31.8 Å². The zero-order valence-electron chi connectivity index (χ0n) is 13.8. The number of hydrogen-bond acceptors (Lipinski definition) is 2. The van der Waals surface area contributed by atoms with Crippen molar-refractivity contribution in [2.75, 3.05) is 7.11 Å². The highest BCUT2D eigenvalue weighted by Crippen LogP contribution is 2.32. The summed E-state index contributed by atoms with van der Waals surface area (Å²) in [6.45, 7) is 7.24. The molecule has 0 saturated heterocycles. The fraction of sp³-hybridized carbons (Fsp3) is 0.556. The summed E-state index contributed by atoms with van der Waals surface area (Å²) in [4.78, 5) is 0. The maximum Gasteiger partial charge on any atom is 0.119 e. The smallest absolute Gasteiger partial charge is 0.119 e. The molecule has 3 heteroatoms. The number of aryl methyl sites for hydroxylation is 1. The van der Waals surface area contributed by atoms with Crippen LogP contribution >= 0.6 is 0 Å². The molecule has 1 N–H and O–H groups in total. The lowest BCUT2D eigenvalue weighted by atomic mass is 9.97. The van der Waals surface area contributed by atoms with E-state index in [1.54, 1.807) is 12.7 Å². The Balaban J connectivity index is 2.20. The van der Waals surface area contributed by atoms with Crippen LogP contribution in [0, 0.1) is 0 Å². The van der Waals surface area contributed by atoms with Gasteiger partial charge in [-0.1, -0.05) is 37.4 Å². The van der Waals surface area contributed by atoms with E-state index in [1.807, 2.05) is 12.1 Å². The summed E-state index contributed by atoms with van der Waals surface area (Å²) in [5.41, 5.74) is 3.86. The van der Waals surface area contributed by atoms with Gasteiger partial charge < -0.3 is 9.84 Å². The van der Waals surface area contributed by atoms with Gasteiger partial charge in [-0.2, -0.15) is 0 Å². The molecule has 1 atom stereocenters. The van der Waals surface area contributed by atoms with Crippen LogP contribution in [-0.4, -0.2) is 20.3 Å². The lowest BCUT2D eigenvalue weighted by molar-refractivity contribution is 0.167. The number of rotatable bonds is 3. The Kier molecular flexibility index (Phi) is 5.28. The molecule has 0 radical (unpaired) electrons. The molecule has 0 heterocycles. The maximum atomic E-state index is 10.5. The largest absolute Gasteiger partial charge is 0.497 e. The van der Waals surface area contributed by atoms with Gasteiger partial charge in [0.05, 0.1) is 13.2 Å². The summed E-state index contributed by atoms with van der Waals surface area (Å²) in [6, 6.07) is 7.31. The Bertz CT molecular complexity index is 514. The topological polar surface area (TPSA) is 29.5 Å². The Labute approximate surface area is 129 Å². The van der Waals surface area contributed by atoms with Crippen molar-refractivity contribution in [2.24, 2.45) is 0 Å². The molecule has 0 fully saturated rings. The molecule has 2 nitrogen and oxygen atoms in total. The average Bonchev–Trinajstić information content (AvgIpc) is 2.48. The minimum absolute atomic E-state index is 0.353. The monoisotopic (exact) mass is 304 g/mol. The average molecular weight is 305 g/mol. The zero-order chi connectivity index (χ0) is 15.5. The molecule has 0 saturated carbocycles. The number of fused-ring (bicyclic) bond motifs is 1. The number of benzene rings is 1. The molecule has 1 aliphatic carbocycles. The first kappa shape index (κ1) is 16.3. The van der Waals surface area contributed by atoms with Gasteiger partial charge in [-0.3, -0.25) is 0 Å². The highest BCUT2D eigenvalue weighted by atomic mass is 28.3. The lowest BCUT2D eigenvalue weighted by Crippen LogP contribution is -2.20. The van der Waals surface area contributed by atoms with Crippen LogP contribution in [0.1, 0.15) is 36.5 Å². The summed E-state index contributed by atoms with van der Waals surface area (Å²) >= 11 is 0. The van der Waals surface area contributed by atoms with Crippen molar-refractivity contribution in [1.29, 1.82) is 0 Å². The van der Waals surface area contributed by atoms with Gasteiger partial charge in [-0.25, -0.2) is 0 Å². The predicted molar refractivity (Wildman–Crippen MR) is 91.7 cm³/mol. The summed E-state index contributed by atoms with van der Waals surface area (Å²) in [5, 5.41) is 10.5. The highest BCUT2D eigenvalue weighted by molar-refractivity contribution is 6.76. The SMILES string of the molecule is COc1ccc2c(c1)CC/C=C(/C[Si](C)(C)C)CC[C@H]2O. The van der Waals surface area contributed by atoms with Crippen LogP contribution in [0.15, 0.2) is 29.8 Å². The molecule has 1 aromatic rings. The molecule has 0 amide bonds. The van der Waals surface area contributed by atoms with Gasteiger partial charge in [-0.15, -0.1) is 0 Å². The first-order valence-electron chi connectivity index (χ1n) is 7.92. The first-order chi connectivity index (χ1) is 9.89. The molecule has 21 heavy (non-hydrogen) atoms.